The predicted octanol–water partition coefficient (Wildman–Crippen LogP) is 0.249. The third-order valence-corrected chi connectivity index (χ3v) is 4.21. The van der Waals surface area contributed by atoms with E-state index in [1.54, 1.807) is 31.2 Å². The first-order chi connectivity index (χ1) is 13.3. The van der Waals surface area contributed by atoms with E-state index in [2.05, 4.69) is 10.3 Å². The van der Waals surface area contributed by atoms with Crippen molar-refractivity contribution in [3.63, 3.8) is 0 Å². The second-order valence-corrected chi connectivity index (χ2v) is 6.10. The van der Waals surface area contributed by atoms with Crippen LogP contribution in [0.2, 0.25) is 0 Å². The van der Waals surface area contributed by atoms with Gasteiger partial charge >= 0.3 is 11.7 Å². The lowest BCUT2D eigenvalue weighted by atomic mass is 10.2. The molecule has 1 amide bonds. The van der Waals surface area contributed by atoms with Crippen LogP contribution in [0.3, 0.4) is 0 Å². The van der Waals surface area contributed by atoms with Crippen LogP contribution in [0.5, 0.6) is 0 Å². The molecule has 1 N–H and O–H groups in total. The third kappa shape index (κ3) is 3.43. The molecule has 0 fully saturated rings. The zero-order valence-corrected chi connectivity index (χ0v) is 15.6. The lowest BCUT2D eigenvalue weighted by Gasteiger charge is -2.08. The minimum absolute atomic E-state index is 0.163. The maximum Gasteiger partial charge on any atom is 0.338 e. The molecule has 1 aromatic carbocycles. The van der Waals surface area contributed by atoms with Crippen molar-refractivity contribution in [3.8, 4) is 0 Å². The van der Waals surface area contributed by atoms with Crippen LogP contribution >= 0.6 is 0 Å². The van der Waals surface area contributed by atoms with Crippen LogP contribution in [0.15, 0.2) is 40.2 Å². The Labute approximate surface area is 159 Å². The van der Waals surface area contributed by atoms with Gasteiger partial charge in [0.1, 0.15) is 6.54 Å². The number of hydrogen-bond acceptors (Lipinski definition) is 6. The Bertz CT molecular complexity index is 1170. The van der Waals surface area contributed by atoms with E-state index in [1.165, 1.54) is 29.6 Å². The van der Waals surface area contributed by atoms with Gasteiger partial charge in [-0.3, -0.25) is 18.7 Å². The molecule has 0 radical (unpaired) electrons. The molecule has 2 aromatic heterocycles. The first-order valence-electron chi connectivity index (χ1n) is 8.51. The average Bonchev–Trinajstić information content (AvgIpc) is 3.09. The monoisotopic (exact) mass is 385 g/mol. The van der Waals surface area contributed by atoms with Gasteiger partial charge in [0.15, 0.2) is 11.2 Å². The van der Waals surface area contributed by atoms with Gasteiger partial charge in [-0.2, -0.15) is 0 Å². The van der Waals surface area contributed by atoms with Crippen molar-refractivity contribution in [1.82, 2.24) is 18.7 Å². The van der Waals surface area contributed by atoms with Gasteiger partial charge in [-0.25, -0.2) is 14.6 Å². The van der Waals surface area contributed by atoms with E-state index in [0.717, 1.165) is 4.57 Å². The molecule has 0 spiro atoms. The Kier molecular flexibility index (Phi) is 5.12. The minimum atomic E-state index is -0.526. The molecule has 0 aliphatic carbocycles. The van der Waals surface area contributed by atoms with Crippen molar-refractivity contribution in [3.05, 3.63) is 57.0 Å². The van der Waals surface area contributed by atoms with Crippen molar-refractivity contribution < 1.29 is 14.3 Å². The Balaban J connectivity index is 1.80. The number of anilines is 1. The summed E-state index contributed by atoms with van der Waals surface area (Å²) in [5.74, 6) is -0.828. The van der Waals surface area contributed by atoms with E-state index in [-0.39, 0.29) is 30.2 Å². The molecule has 10 nitrogen and oxygen atoms in total. The predicted molar refractivity (Wildman–Crippen MR) is 101 cm³/mol. The number of carbonyl (C=O) groups excluding carboxylic acids is 2. The van der Waals surface area contributed by atoms with Gasteiger partial charge in [0.25, 0.3) is 5.56 Å². The number of amides is 1. The normalized spacial score (nSPS) is 10.8. The molecular weight excluding hydrogens is 366 g/mol. The quantitative estimate of drug-likeness (QED) is 0.629. The van der Waals surface area contributed by atoms with E-state index in [9.17, 15) is 19.2 Å². The summed E-state index contributed by atoms with van der Waals surface area (Å²) < 4.78 is 8.51. The zero-order chi connectivity index (χ0) is 20.4. The smallest absolute Gasteiger partial charge is 0.338 e. The highest BCUT2D eigenvalue weighted by Crippen LogP contribution is 2.11. The number of benzene rings is 1. The van der Waals surface area contributed by atoms with E-state index >= 15 is 0 Å². The van der Waals surface area contributed by atoms with E-state index < -0.39 is 17.2 Å². The third-order valence-electron chi connectivity index (χ3n) is 4.21. The fourth-order valence-electron chi connectivity index (χ4n) is 2.78. The highest BCUT2D eigenvalue weighted by molar-refractivity contribution is 5.93. The second kappa shape index (κ2) is 7.51. The largest absolute Gasteiger partial charge is 0.462 e. The van der Waals surface area contributed by atoms with Crippen LogP contribution in [0.4, 0.5) is 5.69 Å². The molecule has 0 saturated carbocycles. The highest BCUT2D eigenvalue weighted by Gasteiger charge is 2.16. The molecule has 3 rings (SSSR count). The maximum atomic E-state index is 12.4. The van der Waals surface area contributed by atoms with Crippen molar-refractivity contribution >= 4 is 28.7 Å². The fraction of sp³-hybridized carbons (Fsp3) is 0.278. The number of aryl methyl sites for hydroxylation is 1. The van der Waals surface area contributed by atoms with Crippen molar-refractivity contribution in [2.45, 2.75) is 13.5 Å². The number of aromatic nitrogens is 4. The lowest BCUT2D eigenvalue weighted by Crippen LogP contribution is -2.37. The van der Waals surface area contributed by atoms with Crippen molar-refractivity contribution in [2.24, 2.45) is 14.1 Å². The minimum Gasteiger partial charge on any atom is -0.462 e. The summed E-state index contributed by atoms with van der Waals surface area (Å²) in [4.78, 5) is 52.4. The van der Waals surface area contributed by atoms with Gasteiger partial charge in [0, 0.05) is 19.8 Å². The number of imidazole rings is 1. The summed E-state index contributed by atoms with van der Waals surface area (Å²) in [5.41, 5.74) is 0.223. The van der Waals surface area contributed by atoms with Gasteiger partial charge in [0.05, 0.1) is 18.5 Å². The second-order valence-electron chi connectivity index (χ2n) is 6.10. The standard InChI is InChI=1S/C18H19N5O5/c1-4-28-17(26)11-5-7-12(8-6-11)20-13(24)9-23-10-19-15-14(23)16(25)22(3)18(27)21(15)2/h5-8,10H,4,9H2,1-3H3,(H,20,24). The topological polar surface area (TPSA) is 117 Å². The summed E-state index contributed by atoms with van der Waals surface area (Å²) in [6.45, 7) is 1.84. The first-order valence-corrected chi connectivity index (χ1v) is 8.51. The number of fused-ring (bicyclic) bond motifs is 1. The summed E-state index contributed by atoms with van der Waals surface area (Å²) in [7, 11) is 2.87. The molecule has 146 valence electrons. The van der Waals surface area contributed by atoms with Crippen LogP contribution in [0, 0.1) is 0 Å². The highest BCUT2D eigenvalue weighted by atomic mass is 16.5. The van der Waals surface area contributed by atoms with Gasteiger partial charge in [0.2, 0.25) is 5.91 Å². The number of rotatable bonds is 5. The Morgan fingerprint density at radius 2 is 1.79 bits per heavy atom. The number of hydrogen-bond donors (Lipinski definition) is 1. The maximum absolute atomic E-state index is 12.4. The molecule has 0 aliphatic rings. The van der Waals surface area contributed by atoms with E-state index in [1.807, 2.05) is 0 Å². The Hall–Kier alpha value is -3.69. The first kappa shape index (κ1) is 19.1. The molecule has 10 heteroatoms. The average molecular weight is 385 g/mol. The summed E-state index contributed by atoms with van der Waals surface area (Å²) in [6, 6.07) is 6.26. The summed E-state index contributed by atoms with van der Waals surface area (Å²) in [5, 5.41) is 2.69. The molecule has 0 aliphatic heterocycles. The number of ether oxygens (including phenoxy) is 1. The van der Waals surface area contributed by atoms with Gasteiger partial charge < -0.3 is 14.6 Å². The van der Waals surface area contributed by atoms with Crippen molar-refractivity contribution in [1.29, 1.82) is 0 Å². The summed E-state index contributed by atoms with van der Waals surface area (Å²) in [6.07, 6.45) is 1.34. The number of nitrogens with one attached hydrogen (secondary N) is 1. The van der Waals surface area contributed by atoms with Crippen LogP contribution in [-0.2, 0) is 30.2 Å². The van der Waals surface area contributed by atoms with Crippen molar-refractivity contribution in [2.75, 3.05) is 11.9 Å². The van der Waals surface area contributed by atoms with Crippen LogP contribution in [0.1, 0.15) is 17.3 Å². The molecule has 28 heavy (non-hydrogen) atoms. The van der Waals surface area contributed by atoms with Crippen LogP contribution in [0.25, 0.3) is 11.2 Å². The van der Waals surface area contributed by atoms with E-state index in [0.29, 0.717) is 11.3 Å². The molecule has 0 bridgehead atoms. The number of esters is 1. The lowest BCUT2D eigenvalue weighted by molar-refractivity contribution is -0.116. The van der Waals surface area contributed by atoms with Crippen LogP contribution < -0.4 is 16.6 Å². The molecule has 0 unspecified atom stereocenters. The van der Waals surface area contributed by atoms with Crippen LogP contribution in [-0.4, -0.2) is 37.2 Å². The Morgan fingerprint density at radius 3 is 2.43 bits per heavy atom. The van der Waals surface area contributed by atoms with Gasteiger partial charge in [-0.15, -0.1) is 0 Å². The SMILES string of the molecule is CCOC(=O)c1ccc(NC(=O)Cn2cnc3c2c(=O)n(C)c(=O)n3C)cc1. The molecule has 3 aromatic rings. The zero-order valence-electron chi connectivity index (χ0n) is 15.6. The molecule has 0 saturated heterocycles. The fourth-order valence-corrected chi connectivity index (χ4v) is 2.78. The summed E-state index contributed by atoms with van der Waals surface area (Å²) >= 11 is 0. The van der Waals surface area contributed by atoms with Gasteiger partial charge in [-0.05, 0) is 31.2 Å². The molecular formula is C18H19N5O5. The number of carbonyl (C=O) groups is 2. The Morgan fingerprint density at radius 1 is 1.11 bits per heavy atom. The van der Waals surface area contributed by atoms with E-state index in [4.69, 9.17) is 4.74 Å². The van der Waals surface area contributed by atoms with Gasteiger partial charge in [-0.1, -0.05) is 0 Å². The number of nitrogens with zero attached hydrogens (tertiary/aromatic N) is 4. The molecule has 2 heterocycles. The molecule has 0 atom stereocenters.